The maximum absolute atomic E-state index is 12.8. The molecule has 1 fully saturated rings. The number of carbonyl (C=O) groups is 3. The zero-order valence-electron chi connectivity index (χ0n) is 20.1. The minimum Gasteiger partial charge on any atom is -0.462 e. The van der Waals surface area contributed by atoms with Gasteiger partial charge in [-0.05, 0) is 102 Å². The Morgan fingerprint density at radius 2 is 1.81 bits per heavy atom. The summed E-state index contributed by atoms with van der Waals surface area (Å²) in [5.74, 6) is -1.05. The third-order valence-corrected chi connectivity index (χ3v) is 6.50. The molecule has 0 N–H and O–H groups in total. The summed E-state index contributed by atoms with van der Waals surface area (Å²) in [6, 6.07) is 4.56. The van der Waals surface area contributed by atoms with Gasteiger partial charge in [-0.2, -0.15) is 0 Å². The lowest BCUT2D eigenvalue weighted by Gasteiger charge is -2.46. The minimum atomic E-state index is -0.592. The second kappa shape index (κ2) is 8.77. The topological polar surface area (TPSA) is 66.9 Å². The Bertz CT molecular complexity index is 1040. The highest BCUT2D eigenvalue weighted by molar-refractivity contribution is 8.18. The molecule has 1 aromatic carbocycles. The van der Waals surface area contributed by atoms with Crippen LogP contribution in [0.15, 0.2) is 23.1 Å². The van der Waals surface area contributed by atoms with Gasteiger partial charge in [-0.3, -0.25) is 19.3 Å². The number of benzene rings is 1. The highest BCUT2D eigenvalue weighted by Crippen LogP contribution is 2.42. The fourth-order valence-corrected chi connectivity index (χ4v) is 5.35. The van der Waals surface area contributed by atoms with Gasteiger partial charge >= 0.3 is 5.97 Å². The van der Waals surface area contributed by atoms with Gasteiger partial charge in [0.25, 0.3) is 11.1 Å². The van der Waals surface area contributed by atoms with E-state index in [9.17, 15) is 14.4 Å². The van der Waals surface area contributed by atoms with E-state index in [-0.39, 0.29) is 18.2 Å². The monoisotopic (exact) mass is 456 g/mol. The van der Waals surface area contributed by atoms with E-state index < -0.39 is 17.1 Å². The summed E-state index contributed by atoms with van der Waals surface area (Å²) in [4.78, 5) is 40.8. The lowest BCUT2D eigenvalue weighted by molar-refractivity contribution is -0.149. The first-order valence-corrected chi connectivity index (χ1v) is 11.7. The number of nitrogens with zero attached hydrogens (tertiary/aromatic N) is 2. The van der Waals surface area contributed by atoms with Crippen molar-refractivity contribution < 1.29 is 19.1 Å². The summed E-state index contributed by atoms with van der Waals surface area (Å²) >= 11 is 0.855. The lowest BCUT2D eigenvalue weighted by atomic mass is 9.86. The molecule has 6 nitrogen and oxygen atoms in total. The number of allylic oxidation sites excluding steroid dienone is 1. The number of carbonyl (C=O) groups excluding carboxylic acids is 3. The molecule has 0 aromatic heterocycles. The number of hydrogen-bond acceptors (Lipinski definition) is 6. The molecule has 2 aliphatic heterocycles. The molecule has 2 heterocycles. The zero-order chi connectivity index (χ0) is 24.0. The van der Waals surface area contributed by atoms with E-state index in [4.69, 9.17) is 4.74 Å². The van der Waals surface area contributed by atoms with Crippen molar-refractivity contribution in [3.63, 3.8) is 0 Å². The summed E-state index contributed by atoms with van der Waals surface area (Å²) in [7, 11) is 0. The molecule has 7 heteroatoms. The lowest BCUT2D eigenvalue weighted by Crippen LogP contribution is -2.49. The summed E-state index contributed by atoms with van der Waals surface area (Å²) in [5, 5.41) is -0.457. The van der Waals surface area contributed by atoms with E-state index in [0.29, 0.717) is 10.9 Å². The molecule has 0 spiro atoms. The van der Waals surface area contributed by atoms with Crippen LogP contribution in [0.2, 0.25) is 0 Å². The van der Waals surface area contributed by atoms with Crippen molar-refractivity contribution in [2.45, 2.75) is 73.1 Å². The van der Waals surface area contributed by atoms with Gasteiger partial charge in [0.15, 0.2) is 0 Å². The predicted octanol–water partition coefficient (Wildman–Crippen LogP) is 5.39. The molecular formula is C25H32N2O4S. The third kappa shape index (κ3) is 4.63. The zero-order valence-corrected chi connectivity index (χ0v) is 20.9. The largest absolute Gasteiger partial charge is 0.462 e. The second-order valence-electron chi connectivity index (χ2n) is 9.48. The summed E-state index contributed by atoms with van der Waals surface area (Å²) in [6.45, 7) is 16.0. The van der Waals surface area contributed by atoms with Crippen molar-refractivity contribution in [1.82, 2.24) is 4.90 Å². The maximum Gasteiger partial charge on any atom is 0.326 e. The number of amides is 2. The Morgan fingerprint density at radius 3 is 2.41 bits per heavy atom. The Kier molecular flexibility index (Phi) is 6.61. The third-order valence-electron chi connectivity index (χ3n) is 5.59. The van der Waals surface area contributed by atoms with E-state index in [1.807, 2.05) is 6.92 Å². The van der Waals surface area contributed by atoms with Crippen LogP contribution in [-0.2, 0) is 14.3 Å². The van der Waals surface area contributed by atoms with Crippen molar-refractivity contribution >= 4 is 46.2 Å². The molecule has 1 aromatic rings. The number of thioether (sulfide) groups is 1. The van der Waals surface area contributed by atoms with Crippen LogP contribution in [0.1, 0.15) is 65.2 Å². The van der Waals surface area contributed by atoms with Gasteiger partial charge in [0.05, 0.1) is 16.5 Å². The molecule has 32 heavy (non-hydrogen) atoms. The van der Waals surface area contributed by atoms with Gasteiger partial charge in [0, 0.05) is 17.3 Å². The molecule has 0 aliphatic carbocycles. The number of rotatable bonds is 5. The fourth-order valence-electron chi connectivity index (χ4n) is 4.52. The maximum atomic E-state index is 12.8. The van der Waals surface area contributed by atoms with Crippen LogP contribution >= 0.6 is 11.8 Å². The average molecular weight is 457 g/mol. The number of ether oxygens (including phenoxy) is 1. The molecule has 1 saturated heterocycles. The normalized spacial score (nSPS) is 19.2. The van der Waals surface area contributed by atoms with Gasteiger partial charge < -0.3 is 9.64 Å². The first-order chi connectivity index (χ1) is 14.8. The van der Waals surface area contributed by atoms with Crippen LogP contribution in [0.4, 0.5) is 10.5 Å². The highest BCUT2D eigenvalue weighted by atomic mass is 32.2. The molecule has 0 saturated carbocycles. The number of hydrogen-bond donors (Lipinski definition) is 0. The van der Waals surface area contributed by atoms with Crippen LogP contribution in [-0.4, -0.2) is 46.2 Å². The first-order valence-electron chi connectivity index (χ1n) is 10.9. The van der Waals surface area contributed by atoms with E-state index in [2.05, 4.69) is 57.7 Å². The molecular weight excluding hydrogens is 424 g/mol. The molecule has 0 atom stereocenters. The van der Waals surface area contributed by atoms with Crippen molar-refractivity contribution in [1.29, 1.82) is 0 Å². The molecule has 0 radical (unpaired) electrons. The smallest absolute Gasteiger partial charge is 0.326 e. The van der Waals surface area contributed by atoms with Gasteiger partial charge in [-0.25, -0.2) is 0 Å². The Balaban J connectivity index is 1.95. The standard InChI is InChI=1S/C25H32N2O4S/c1-14(2)27-20-9-16(5)18(10-19(20)17(6)12-25(27,7)8)11-21-23(29)26(24(30)32-21)13-22(28)31-15(3)4/h9-12,14-15H,13H2,1-8H3/b21-11+. The Hall–Kier alpha value is -2.54. The van der Waals surface area contributed by atoms with Crippen LogP contribution in [0, 0.1) is 6.92 Å². The predicted molar refractivity (Wildman–Crippen MR) is 130 cm³/mol. The van der Waals surface area contributed by atoms with Crippen molar-refractivity contribution in [3.8, 4) is 0 Å². The van der Waals surface area contributed by atoms with Crippen LogP contribution < -0.4 is 4.90 Å². The highest BCUT2D eigenvalue weighted by Gasteiger charge is 2.37. The molecule has 172 valence electrons. The van der Waals surface area contributed by atoms with Crippen LogP contribution in [0.3, 0.4) is 0 Å². The summed E-state index contributed by atoms with van der Waals surface area (Å²) in [5.41, 5.74) is 5.27. The SMILES string of the molecule is CC1=CC(C)(C)N(C(C)C)c2cc(C)c(/C=C3/SC(=O)N(CC(=O)OC(C)C)C3=O)cc21. The fraction of sp³-hybridized carbons (Fsp3) is 0.480. The van der Waals surface area contributed by atoms with E-state index in [0.717, 1.165) is 33.4 Å². The Morgan fingerprint density at radius 1 is 1.16 bits per heavy atom. The van der Waals surface area contributed by atoms with Crippen LogP contribution in [0.25, 0.3) is 11.6 Å². The number of esters is 1. The molecule has 2 amide bonds. The van der Waals surface area contributed by atoms with Crippen molar-refractivity contribution in [2.24, 2.45) is 0 Å². The van der Waals surface area contributed by atoms with Crippen molar-refractivity contribution in [3.05, 3.63) is 39.8 Å². The van der Waals surface area contributed by atoms with E-state index >= 15 is 0 Å². The minimum absolute atomic E-state index is 0.105. The van der Waals surface area contributed by atoms with Gasteiger partial charge in [0.1, 0.15) is 6.54 Å². The van der Waals surface area contributed by atoms with E-state index in [1.54, 1.807) is 19.9 Å². The van der Waals surface area contributed by atoms with Gasteiger partial charge in [0.2, 0.25) is 0 Å². The molecule has 2 aliphatic rings. The van der Waals surface area contributed by atoms with Gasteiger partial charge in [-0.15, -0.1) is 0 Å². The number of fused-ring (bicyclic) bond motifs is 1. The summed E-state index contributed by atoms with van der Waals surface area (Å²) in [6.07, 6.45) is 3.71. The van der Waals surface area contributed by atoms with Gasteiger partial charge in [-0.1, -0.05) is 6.08 Å². The first kappa shape index (κ1) is 24.1. The molecule has 0 bridgehead atoms. The number of imide groups is 1. The Labute approximate surface area is 194 Å². The van der Waals surface area contributed by atoms with E-state index in [1.165, 1.54) is 11.3 Å². The second-order valence-corrected chi connectivity index (χ2v) is 10.5. The van der Waals surface area contributed by atoms with Crippen molar-refractivity contribution in [2.75, 3.05) is 11.4 Å². The summed E-state index contributed by atoms with van der Waals surface area (Å²) < 4.78 is 5.08. The van der Waals surface area contributed by atoms with Crippen LogP contribution in [0.5, 0.6) is 0 Å². The average Bonchev–Trinajstić information content (AvgIpc) is 2.88. The number of aryl methyl sites for hydroxylation is 1. The number of anilines is 1. The quantitative estimate of drug-likeness (QED) is 0.437. The molecule has 3 rings (SSSR count). The molecule has 0 unspecified atom stereocenters.